The summed E-state index contributed by atoms with van der Waals surface area (Å²) in [5, 5.41) is 3.72. The summed E-state index contributed by atoms with van der Waals surface area (Å²) in [7, 11) is 2.24. The number of fused-ring (bicyclic) bond motifs is 1. The smallest absolute Gasteiger partial charge is 0.124 e. The zero-order valence-electron chi connectivity index (χ0n) is 20.6. The third-order valence-electron chi connectivity index (χ3n) is 7.70. The van der Waals surface area contributed by atoms with Crippen molar-refractivity contribution in [1.29, 1.82) is 0 Å². The van der Waals surface area contributed by atoms with Crippen LogP contribution in [0.5, 0.6) is 0 Å². The van der Waals surface area contributed by atoms with Gasteiger partial charge in [0.05, 0.1) is 29.0 Å². The van der Waals surface area contributed by atoms with Gasteiger partial charge >= 0.3 is 0 Å². The lowest BCUT2D eigenvalue weighted by atomic mass is 9.92. The summed E-state index contributed by atoms with van der Waals surface area (Å²) >= 11 is 0. The maximum absolute atomic E-state index is 5.20. The van der Waals surface area contributed by atoms with Gasteiger partial charge in [-0.3, -0.25) is 9.88 Å². The molecular weight excluding hydrogens is 408 g/mol. The van der Waals surface area contributed by atoms with Gasteiger partial charge in [-0.2, -0.15) is 0 Å². The second-order valence-electron chi connectivity index (χ2n) is 9.76. The number of aromatic amines is 1. The SMILES string of the molecule is CC.Cc1cccnc1C1CCCC(c2nc3c(N4CCNC5(CC5)C4)cccc3[nH]2)N1C. The number of pyridine rings is 1. The van der Waals surface area contributed by atoms with Gasteiger partial charge in [0, 0.05) is 31.4 Å². The molecule has 3 fully saturated rings. The summed E-state index contributed by atoms with van der Waals surface area (Å²) in [5.41, 5.74) is 6.40. The van der Waals surface area contributed by atoms with E-state index in [9.17, 15) is 0 Å². The molecule has 6 rings (SSSR count). The predicted octanol–water partition coefficient (Wildman–Crippen LogP) is 5.13. The average molecular weight is 447 g/mol. The van der Waals surface area contributed by atoms with Crippen molar-refractivity contribution >= 4 is 16.7 Å². The molecule has 6 nitrogen and oxygen atoms in total. The lowest BCUT2D eigenvalue weighted by molar-refractivity contribution is 0.107. The Balaban J connectivity index is 0.00000111. The van der Waals surface area contributed by atoms with Gasteiger partial charge in [-0.1, -0.05) is 26.0 Å². The summed E-state index contributed by atoms with van der Waals surface area (Å²) in [4.78, 5) is 18.6. The van der Waals surface area contributed by atoms with Crippen LogP contribution in [0.4, 0.5) is 5.69 Å². The van der Waals surface area contributed by atoms with Gasteiger partial charge in [0.1, 0.15) is 11.3 Å². The first-order valence-electron chi connectivity index (χ1n) is 12.8. The Morgan fingerprint density at radius 2 is 1.88 bits per heavy atom. The highest BCUT2D eigenvalue weighted by atomic mass is 15.3. The number of imidazole rings is 1. The molecule has 2 aromatic heterocycles. The van der Waals surface area contributed by atoms with Crippen LogP contribution in [0.3, 0.4) is 0 Å². The van der Waals surface area contributed by atoms with E-state index < -0.39 is 0 Å². The topological polar surface area (TPSA) is 60.1 Å². The molecular formula is C27H38N6. The normalized spacial score (nSPS) is 24.5. The number of piperazine rings is 1. The highest BCUT2D eigenvalue weighted by molar-refractivity contribution is 5.89. The monoisotopic (exact) mass is 446 g/mol. The minimum Gasteiger partial charge on any atom is -0.367 e. The fraction of sp³-hybridized carbons (Fsp3) is 0.556. The quantitative estimate of drug-likeness (QED) is 0.584. The second kappa shape index (κ2) is 9.07. The minimum absolute atomic E-state index is 0.290. The molecule has 2 unspecified atom stereocenters. The third-order valence-corrected chi connectivity index (χ3v) is 7.70. The Hall–Kier alpha value is -2.44. The first-order chi connectivity index (χ1) is 16.1. The standard InChI is InChI=1S/C25H32N6.C2H6/c1-17-6-5-13-26-22(17)19-8-4-10-21(30(19)2)24-28-18-7-3-9-20(23(18)29-24)31-15-14-27-25(16-31)11-12-25;1-2/h3,5-7,9,13,19,21,27H,4,8,10-12,14-16H2,1-2H3,(H,28,29);1-2H3. The molecule has 1 aliphatic carbocycles. The number of nitrogens with zero attached hydrogens (tertiary/aromatic N) is 4. The van der Waals surface area contributed by atoms with Crippen molar-refractivity contribution in [3.05, 3.63) is 53.6 Å². The molecule has 2 N–H and O–H groups in total. The molecule has 2 aliphatic heterocycles. The van der Waals surface area contributed by atoms with Crippen LogP contribution in [-0.2, 0) is 0 Å². The van der Waals surface area contributed by atoms with Crippen molar-refractivity contribution in [1.82, 2.24) is 25.2 Å². The van der Waals surface area contributed by atoms with E-state index in [2.05, 4.69) is 58.3 Å². The Morgan fingerprint density at radius 3 is 2.67 bits per heavy atom. The Morgan fingerprint density at radius 1 is 1.06 bits per heavy atom. The minimum atomic E-state index is 0.290. The average Bonchev–Trinajstić information content (AvgIpc) is 3.43. The summed E-state index contributed by atoms with van der Waals surface area (Å²) in [6, 6.07) is 11.4. The fourth-order valence-electron chi connectivity index (χ4n) is 5.73. The molecule has 2 atom stereocenters. The number of anilines is 1. The summed E-state index contributed by atoms with van der Waals surface area (Å²) in [5.74, 6) is 1.10. The molecule has 3 aliphatic rings. The number of aromatic nitrogens is 3. The summed E-state index contributed by atoms with van der Waals surface area (Å²) in [6.45, 7) is 9.38. The van der Waals surface area contributed by atoms with E-state index >= 15 is 0 Å². The molecule has 0 radical (unpaired) electrons. The van der Waals surface area contributed by atoms with Gasteiger partial charge < -0.3 is 15.2 Å². The number of rotatable bonds is 3. The number of nitrogens with one attached hydrogen (secondary N) is 2. The van der Waals surface area contributed by atoms with Crippen molar-refractivity contribution < 1.29 is 0 Å². The van der Waals surface area contributed by atoms with Crippen LogP contribution in [0, 0.1) is 6.92 Å². The van der Waals surface area contributed by atoms with E-state index in [1.165, 1.54) is 36.2 Å². The van der Waals surface area contributed by atoms with Crippen molar-refractivity contribution in [3.63, 3.8) is 0 Å². The Kier molecular flexibility index (Phi) is 6.14. The first kappa shape index (κ1) is 22.4. The predicted molar refractivity (Wildman–Crippen MR) is 136 cm³/mol. The molecule has 0 amide bonds. The lowest BCUT2D eigenvalue weighted by Gasteiger charge is -2.38. The number of piperidine rings is 1. The lowest BCUT2D eigenvalue weighted by Crippen LogP contribution is -2.52. The van der Waals surface area contributed by atoms with Gasteiger partial charge in [0.15, 0.2) is 0 Å². The van der Waals surface area contributed by atoms with Crippen molar-refractivity contribution in [2.75, 3.05) is 31.6 Å². The maximum atomic E-state index is 5.20. The van der Waals surface area contributed by atoms with Crippen molar-refractivity contribution in [2.24, 2.45) is 0 Å². The molecule has 0 bridgehead atoms. The van der Waals surface area contributed by atoms with Crippen LogP contribution in [0.15, 0.2) is 36.5 Å². The fourth-order valence-corrected chi connectivity index (χ4v) is 5.73. The molecule has 1 spiro atoms. The number of benzene rings is 1. The van der Waals surface area contributed by atoms with Gasteiger partial charge in [0.2, 0.25) is 0 Å². The van der Waals surface area contributed by atoms with Crippen LogP contribution in [-0.4, -0.2) is 52.1 Å². The van der Waals surface area contributed by atoms with E-state index in [1.54, 1.807) is 0 Å². The van der Waals surface area contributed by atoms with E-state index in [0.29, 0.717) is 17.6 Å². The number of para-hydroxylation sites is 1. The second-order valence-corrected chi connectivity index (χ2v) is 9.76. The van der Waals surface area contributed by atoms with Crippen LogP contribution in [0.1, 0.15) is 75.1 Å². The number of H-pyrrole nitrogens is 1. The highest BCUT2D eigenvalue weighted by Crippen LogP contribution is 2.42. The van der Waals surface area contributed by atoms with E-state index in [0.717, 1.165) is 49.3 Å². The number of likely N-dealkylation sites (tertiary alicyclic amines) is 1. The van der Waals surface area contributed by atoms with Crippen molar-refractivity contribution in [2.45, 2.75) is 70.5 Å². The first-order valence-corrected chi connectivity index (χ1v) is 12.8. The maximum Gasteiger partial charge on any atom is 0.124 e. The molecule has 6 heteroatoms. The van der Waals surface area contributed by atoms with E-state index in [4.69, 9.17) is 9.97 Å². The van der Waals surface area contributed by atoms with E-state index in [-0.39, 0.29) is 0 Å². The van der Waals surface area contributed by atoms with Gasteiger partial charge in [0.25, 0.3) is 0 Å². The number of hydrogen-bond acceptors (Lipinski definition) is 5. The summed E-state index contributed by atoms with van der Waals surface area (Å²) in [6.07, 6.45) is 8.00. The molecule has 33 heavy (non-hydrogen) atoms. The Bertz CT molecular complexity index is 1100. The van der Waals surface area contributed by atoms with Gasteiger partial charge in [-0.25, -0.2) is 4.98 Å². The third kappa shape index (κ3) is 4.15. The highest BCUT2D eigenvalue weighted by Gasteiger charge is 2.45. The molecule has 176 valence electrons. The zero-order chi connectivity index (χ0) is 23.0. The number of aryl methyl sites for hydroxylation is 1. The van der Waals surface area contributed by atoms with Crippen LogP contribution in [0.25, 0.3) is 11.0 Å². The molecule has 3 aromatic rings. The molecule has 1 saturated carbocycles. The van der Waals surface area contributed by atoms with Crippen LogP contribution in [0.2, 0.25) is 0 Å². The summed E-state index contributed by atoms with van der Waals surface area (Å²) < 4.78 is 0. The van der Waals surface area contributed by atoms with Gasteiger partial charge in [-0.05, 0) is 69.8 Å². The molecule has 1 aromatic carbocycles. The van der Waals surface area contributed by atoms with Crippen LogP contribution < -0.4 is 10.2 Å². The Labute approximate surface area is 197 Å². The molecule has 2 saturated heterocycles. The van der Waals surface area contributed by atoms with Gasteiger partial charge in [-0.15, -0.1) is 0 Å². The number of hydrogen-bond donors (Lipinski definition) is 2. The van der Waals surface area contributed by atoms with E-state index in [1.807, 2.05) is 26.1 Å². The zero-order valence-corrected chi connectivity index (χ0v) is 20.6. The largest absolute Gasteiger partial charge is 0.367 e. The molecule has 4 heterocycles. The van der Waals surface area contributed by atoms with Crippen LogP contribution >= 0.6 is 0 Å². The van der Waals surface area contributed by atoms with Crippen molar-refractivity contribution in [3.8, 4) is 0 Å².